The number of carbonyl (C=O) groups is 2. The van der Waals surface area contributed by atoms with Crippen LogP contribution in [0.1, 0.15) is 15.9 Å². The molecule has 4 nitrogen and oxygen atoms in total. The van der Waals surface area contributed by atoms with Crippen molar-refractivity contribution in [3.63, 3.8) is 0 Å². The van der Waals surface area contributed by atoms with E-state index in [0.717, 1.165) is 5.56 Å². The van der Waals surface area contributed by atoms with Crippen LogP contribution < -0.4 is 5.73 Å². The molecule has 1 fully saturated rings. The second-order valence-electron chi connectivity index (χ2n) is 3.61. The molecule has 15 heavy (non-hydrogen) atoms. The summed E-state index contributed by atoms with van der Waals surface area (Å²) in [6.45, 7) is 1.94. The first-order valence-electron chi connectivity index (χ1n) is 4.65. The van der Waals surface area contributed by atoms with Gasteiger partial charge in [-0.25, -0.2) is 0 Å². The highest BCUT2D eigenvalue weighted by Gasteiger charge is 2.49. The first kappa shape index (κ1) is 9.86. The van der Waals surface area contributed by atoms with Gasteiger partial charge in [0.25, 0.3) is 0 Å². The average Bonchev–Trinajstić information content (AvgIpc) is 2.97. The van der Waals surface area contributed by atoms with Crippen molar-refractivity contribution in [3.8, 4) is 0 Å². The highest BCUT2D eigenvalue weighted by atomic mass is 16.6. The number of ether oxygens (including phenoxy) is 1. The lowest BCUT2D eigenvalue weighted by atomic mass is 10.1. The van der Waals surface area contributed by atoms with Crippen LogP contribution >= 0.6 is 0 Å². The number of epoxide rings is 1. The fourth-order valence-electron chi connectivity index (χ4n) is 1.41. The van der Waals surface area contributed by atoms with E-state index in [1.807, 2.05) is 19.1 Å². The van der Waals surface area contributed by atoms with Gasteiger partial charge in [0.15, 0.2) is 18.0 Å². The van der Waals surface area contributed by atoms with Gasteiger partial charge in [-0.3, -0.25) is 9.59 Å². The summed E-state index contributed by atoms with van der Waals surface area (Å²) >= 11 is 0. The Morgan fingerprint density at radius 3 is 2.27 bits per heavy atom. The highest BCUT2D eigenvalue weighted by molar-refractivity contribution is 6.05. The SMILES string of the molecule is Cc1ccc(C(=O)[C@@H]2O[C@H]2C(N)=O)cc1. The van der Waals surface area contributed by atoms with E-state index in [0.29, 0.717) is 5.56 Å². The Hall–Kier alpha value is -1.68. The maximum atomic E-state index is 11.7. The summed E-state index contributed by atoms with van der Waals surface area (Å²) in [5.74, 6) is -0.765. The van der Waals surface area contributed by atoms with Crippen LogP contribution in [0.25, 0.3) is 0 Å². The van der Waals surface area contributed by atoms with Crippen LogP contribution in [0.15, 0.2) is 24.3 Å². The van der Waals surface area contributed by atoms with Gasteiger partial charge in [0.1, 0.15) is 0 Å². The van der Waals surface area contributed by atoms with E-state index in [4.69, 9.17) is 10.5 Å². The monoisotopic (exact) mass is 205 g/mol. The van der Waals surface area contributed by atoms with Crippen molar-refractivity contribution in [2.24, 2.45) is 5.73 Å². The summed E-state index contributed by atoms with van der Waals surface area (Å²) in [4.78, 5) is 22.4. The second kappa shape index (κ2) is 3.47. The Morgan fingerprint density at radius 1 is 1.20 bits per heavy atom. The Labute approximate surface area is 87.0 Å². The molecule has 0 unspecified atom stereocenters. The van der Waals surface area contributed by atoms with Crippen LogP contribution in [0.5, 0.6) is 0 Å². The van der Waals surface area contributed by atoms with Crippen molar-refractivity contribution < 1.29 is 14.3 Å². The smallest absolute Gasteiger partial charge is 0.249 e. The topological polar surface area (TPSA) is 72.7 Å². The molecule has 1 saturated heterocycles. The summed E-state index contributed by atoms with van der Waals surface area (Å²) in [5, 5.41) is 0. The summed E-state index contributed by atoms with van der Waals surface area (Å²) in [7, 11) is 0. The summed E-state index contributed by atoms with van der Waals surface area (Å²) in [6, 6.07) is 7.12. The Morgan fingerprint density at radius 2 is 1.80 bits per heavy atom. The standard InChI is InChI=1S/C11H11NO3/c1-6-2-4-7(5-3-6)8(13)9-10(15-9)11(12)14/h2-5,9-10H,1H3,(H2,12,14)/t9-,10+/m0/s1. The lowest BCUT2D eigenvalue weighted by Gasteiger charge is -1.97. The average molecular weight is 205 g/mol. The van der Waals surface area contributed by atoms with Gasteiger partial charge in [-0.2, -0.15) is 0 Å². The zero-order valence-electron chi connectivity index (χ0n) is 8.27. The molecule has 0 radical (unpaired) electrons. The molecule has 78 valence electrons. The van der Waals surface area contributed by atoms with E-state index >= 15 is 0 Å². The van der Waals surface area contributed by atoms with Crippen LogP contribution in [-0.2, 0) is 9.53 Å². The number of rotatable bonds is 3. The molecule has 2 rings (SSSR count). The minimum absolute atomic E-state index is 0.182. The van der Waals surface area contributed by atoms with Gasteiger partial charge < -0.3 is 10.5 Å². The molecule has 2 atom stereocenters. The number of benzene rings is 1. The Bertz CT molecular complexity index is 410. The summed E-state index contributed by atoms with van der Waals surface area (Å²) in [6.07, 6.45) is -1.41. The fraction of sp³-hybridized carbons (Fsp3) is 0.273. The lowest BCUT2D eigenvalue weighted by molar-refractivity contribution is -0.119. The highest BCUT2D eigenvalue weighted by Crippen LogP contribution is 2.25. The molecule has 0 spiro atoms. The van der Waals surface area contributed by atoms with Crippen molar-refractivity contribution in [1.29, 1.82) is 0 Å². The van der Waals surface area contributed by atoms with Gasteiger partial charge in [-0.1, -0.05) is 29.8 Å². The van der Waals surface area contributed by atoms with E-state index in [1.165, 1.54) is 0 Å². The van der Waals surface area contributed by atoms with Gasteiger partial charge >= 0.3 is 0 Å². The third-order valence-electron chi connectivity index (χ3n) is 2.37. The lowest BCUT2D eigenvalue weighted by Crippen LogP contribution is -2.23. The maximum Gasteiger partial charge on any atom is 0.249 e. The molecule has 2 N–H and O–H groups in total. The third-order valence-corrected chi connectivity index (χ3v) is 2.37. The van der Waals surface area contributed by atoms with Gasteiger partial charge in [0, 0.05) is 5.56 Å². The zero-order valence-corrected chi connectivity index (χ0v) is 8.27. The second-order valence-corrected chi connectivity index (χ2v) is 3.61. The largest absolute Gasteiger partial charge is 0.367 e. The number of primary amides is 1. The molecule has 1 amide bonds. The number of carbonyl (C=O) groups excluding carboxylic acids is 2. The predicted octanol–water partition coefficient (Wildman–Crippen LogP) is 0.430. The minimum Gasteiger partial charge on any atom is -0.367 e. The quantitative estimate of drug-likeness (QED) is 0.574. The van der Waals surface area contributed by atoms with Gasteiger partial charge in [0.2, 0.25) is 5.91 Å². The summed E-state index contributed by atoms with van der Waals surface area (Å²) in [5.41, 5.74) is 6.64. The van der Waals surface area contributed by atoms with E-state index < -0.39 is 18.1 Å². The molecule has 1 heterocycles. The van der Waals surface area contributed by atoms with Crippen molar-refractivity contribution >= 4 is 11.7 Å². The molecule has 1 aliphatic rings. The molecule has 0 aliphatic carbocycles. The molecule has 1 aromatic carbocycles. The van der Waals surface area contributed by atoms with E-state index in [2.05, 4.69) is 0 Å². The van der Waals surface area contributed by atoms with Crippen LogP contribution in [0, 0.1) is 6.92 Å². The van der Waals surface area contributed by atoms with Crippen molar-refractivity contribution in [2.45, 2.75) is 19.1 Å². The first-order chi connectivity index (χ1) is 7.09. The van der Waals surface area contributed by atoms with Crippen LogP contribution in [0.3, 0.4) is 0 Å². The number of ketones is 1. The molecule has 0 bridgehead atoms. The third kappa shape index (κ3) is 1.89. The van der Waals surface area contributed by atoms with Gasteiger partial charge in [-0.05, 0) is 6.92 Å². The minimum atomic E-state index is -0.737. The van der Waals surface area contributed by atoms with Crippen molar-refractivity contribution in [1.82, 2.24) is 0 Å². The summed E-state index contributed by atoms with van der Waals surface area (Å²) < 4.78 is 4.90. The molecular weight excluding hydrogens is 194 g/mol. The molecule has 0 aromatic heterocycles. The first-order valence-corrected chi connectivity index (χ1v) is 4.65. The molecule has 1 aromatic rings. The molecular formula is C11H11NO3. The Kier molecular flexibility index (Phi) is 2.28. The van der Waals surface area contributed by atoms with Gasteiger partial charge in [-0.15, -0.1) is 0 Å². The number of amides is 1. The van der Waals surface area contributed by atoms with Gasteiger partial charge in [0.05, 0.1) is 0 Å². The molecule has 4 heteroatoms. The van der Waals surface area contributed by atoms with Crippen LogP contribution in [-0.4, -0.2) is 23.9 Å². The predicted molar refractivity (Wildman–Crippen MR) is 53.4 cm³/mol. The fourth-order valence-corrected chi connectivity index (χ4v) is 1.41. The molecule has 0 saturated carbocycles. The number of hydrogen-bond donors (Lipinski definition) is 1. The maximum absolute atomic E-state index is 11.7. The van der Waals surface area contributed by atoms with E-state index in [9.17, 15) is 9.59 Å². The van der Waals surface area contributed by atoms with E-state index in [1.54, 1.807) is 12.1 Å². The van der Waals surface area contributed by atoms with Crippen molar-refractivity contribution in [2.75, 3.05) is 0 Å². The number of aryl methyl sites for hydroxylation is 1. The van der Waals surface area contributed by atoms with Crippen LogP contribution in [0.4, 0.5) is 0 Å². The molecule has 1 aliphatic heterocycles. The van der Waals surface area contributed by atoms with Crippen LogP contribution in [0.2, 0.25) is 0 Å². The number of hydrogen-bond acceptors (Lipinski definition) is 3. The Balaban J connectivity index is 2.10. The number of Topliss-reactive ketones (excluding diaryl/α,β-unsaturated/α-hetero) is 1. The zero-order chi connectivity index (χ0) is 11.0. The van der Waals surface area contributed by atoms with E-state index in [-0.39, 0.29) is 5.78 Å². The number of nitrogens with two attached hydrogens (primary N) is 1. The van der Waals surface area contributed by atoms with Crippen molar-refractivity contribution in [3.05, 3.63) is 35.4 Å². The normalized spacial score (nSPS) is 23.5.